The van der Waals surface area contributed by atoms with Gasteiger partial charge in [-0.2, -0.15) is 0 Å². The predicted molar refractivity (Wildman–Crippen MR) is 49.4 cm³/mol. The van der Waals surface area contributed by atoms with Crippen LogP contribution in [0.5, 0.6) is 0 Å². The van der Waals surface area contributed by atoms with E-state index < -0.39 is 0 Å². The van der Waals surface area contributed by atoms with E-state index in [0.717, 1.165) is 0 Å². The SMILES string of the molecule is CC(=O)Nc1n[c-]nc2c1ncn2C.[Y]. The molecule has 0 aliphatic rings. The molecule has 0 bridgehead atoms. The summed E-state index contributed by atoms with van der Waals surface area (Å²) in [6.45, 7) is 1.41. The number of aryl methyl sites for hydroxylation is 1. The molecule has 2 aromatic heterocycles. The van der Waals surface area contributed by atoms with Crippen LogP contribution < -0.4 is 5.32 Å². The van der Waals surface area contributed by atoms with Crippen molar-refractivity contribution in [1.82, 2.24) is 19.5 Å². The van der Waals surface area contributed by atoms with Gasteiger partial charge in [-0.3, -0.25) is 9.78 Å². The van der Waals surface area contributed by atoms with Crippen molar-refractivity contribution in [2.24, 2.45) is 7.05 Å². The van der Waals surface area contributed by atoms with Crippen LogP contribution in [0.3, 0.4) is 0 Å². The molecule has 0 saturated heterocycles. The van der Waals surface area contributed by atoms with Crippen LogP contribution in [0.4, 0.5) is 5.82 Å². The van der Waals surface area contributed by atoms with Crippen LogP contribution in [-0.2, 0) is 44.6 Å². The first-order chi connectivity index (χ1) is 6.68. The molecule has 0 saturated carbocycles. The smallest absolute Gasteiger partial charge is 0.211 e. The standard InChI is InChI=1S/C8H8N5O.Y/c1-5(14)12-7-6-8(10-3-9-7)13(2)4-11-6;/h4H,1-2H3,(H,9,10,12,14);/q-1;. The fourth-order valence-electron chi connectivity index (χ4n) is 1.15. The predicted octanol–water partition coefficient (Wildman–Crippen LogP) is 0.119. The molecule has 6 nitrogen and oxygen atoms in total. The normalized spacial score (nSPS) is 9.73. The molecule has 0 aliphatic heterocycles. The minimum atomic E-state index is -0.191. The number of nitrogens with one attached hydrogen (secondary N) is 1. The van der Waals surface area contributed by atoms with Crippen LogP contribution in [0.2, 0.25) is 0 Å². The molecule has 1 amide bonds. The van der Waals surface area contributed by atoms with E-state index in [0.29, 0.717) is 17.0 Å². The Morgan fingerprint density at radius 2 is 2.27 bits per heavy atom. The van der Waals surface area contributed by atoms with Crippen LogP contribution in [0.25, 0.3) is 11.2 Å². The largest absolute Gasteiger partial charge is 0.372 e. The Hall–Kier alpha value is -0.876. The van der Waals surface area contributed by atoms with Crippen LogP contribution in [0.1, 0.15) is 6.92 Å². The molecule has 0 spiro atoms. The zero-order valence-corrected chi connectivity index (χ0v) is 11.2. The molecule has 0 unspecified atom stereocenters. The van der Waals surface area contributed by atoms with Gasteiger partial charge in [0, 0.05) is 70.0 Å². The van der Waals surface area contributed by atoms with E-state index >= 15 is 0 Å². The van der Waals surface area contributed by atoms with Gasteiger partial charge in [-0.1, -0.05) is 0 Å². The average Bonchev–Trinajstić information content (AvgIpc) is 2.49. The molecule has 7 heteroatoms. The number of anilines is 1. The van der Waals surface area contributed by atoms with E-state index in [1.54, 1.807) is 10.9 Å². The second kappa shape index (κ2) is 4.76. The van der Waals surface area contributed by atoms with Gasteiger partial charge < -0.3 is 19.9 Å². The second-order valence-electron chi connectivity index (χ2n) is 2.88. The van der Waals surface area contributed by atoms with Gasteiger partial charge in [-0.25, -0.2) is 0 Å². The summed E-state index contributed by atoms with van der Waals surface area (Å²) < 4.78 is 1.73. The number of amides is 1. The van der Waals surface area contributed by atoms with Crippen molar-refractivity contribution in [2.45, 2.75) is 6.92 Å². The Morgan fingerprint density at radius 3 is 2.93 bits per heavy atom. The first-order valence-corrected chi connectivity index (χ1v) is 4.01. The van der Waals surface area contributed by atoms with Crippen LogP contribution in [0, 0.1) is 6.33 Å². The molecule has 2 rings (SSSR count). The summed E-state index contributed by atoms with van der Waals surface area (Å²) in [5.41, 5.74) is 1.21. The molecule has 0 aromatic carbocycles. The maximum atomic E-state index is 10.8. The Bertz CT molecular complexity index is 495. The quantitative estimate of drug-likeness (QED) is 0.752. The minimum absolute atomic E-state index is 0. The number of fused-ring (bicyclic) bond motifs is 1. The van der Waals surface area contributed by atoms with Crippen molar-refractivity contribution in [3.63, 3.8) is 0 Å². The fraction of sp³-hybridized carbons (Fsp3) is 0.250. The van der Waals surface area contributed by atoms with Crippen LogP contribution >= 0.6 is 0 Å². The molecule has 2 heterocycles. The fourth-order valence-corrected chi connectivity index (χ4v) is 1.15. The Kier molecular flexibility index (Phi) is 3.87. The van der Waals surface area contributed by atoms with E-state index in [4.69, 9.17) is 0 Å². The van der Waals surface area contributed by atoms with Crippen LogP contribution in [0.15, 0.2) is 6.33 Å². The maximum Gasteiger partial charge on any atom is 0.211 e. The van der Waals surface area contributed by atoms with E-state index in [2.05, 4.69) is 26.6 Å². The summed E-state index contributed by atoms with van der Waals surface area (Å²) >= 11 is 0. The van der Waals surface area contributed by atoms with Crippen molar-refractivity contribution in [3.8, 4) is 0 Å². The number of nitrogens with zero attached hydrogens (tertiary/aromatic N) is 4. The zero-order valence-electron chi connectivity index (χ0n) is 8.35. The number of hydrogen-bond donors (Lipinski definition) is 1. The molecular formula is C8H8N5OY-. The van der Waals surface area contributed by atoms with Gasteiger partial charge in [0.2, 0.25) is 5.91 Å². The number of carbonyl (C=O) groups excluding carboxylic acids is 1. The van der Waals surface area contributed by atoms with Crippen molar-refractivity contribution in [2.75, 3.05) is 5.32 Å². The number of rotatable bonds is 1. The summed E-state index contributed by atoms with van der Waals surface area (Å²) in [5.74, 6) is 0.201. The number of carbonyl (C=O) groups is 1. The van der Waals surface area contributed by atoms with Gasteiger partial charge in [0.15, 0.2) is 0 Å². The molecule has 0 fully saturated rings. The maximum absolute atomic E-state index is 10.8. The summed E-state index contributed by atoms with van der Waals surface area (Å²) in [5, 5.41) is 2.56. The van der Waals surface area contributed by atoms with Gasteiger partial charge in [0.05, 0.1) is 6.33 Å². The first kappa shape index (κ1) is 12.2. The molecule has 0 aliphatic carbocycles. The Labute approximate surface area is 111 Å². The van der Waals surface area contributed by atoms with Crippen molar-refractivity contribution in [1.29, 1.82) is 0 Å². The van der Waals surface area contributed by atoms with Crippen molar-refractivity contribution >= 4 is 22.9 Å². The number of imidazole rings is 1. The Morgan fingerprint density at radius 1 is 1.53 bits per heavy atom. The summed E-state index contributed by atoms with van der Waals surface area (Å²) in [7, 11) is 1.81. The molecule has 1 N–H and O–H groups in total. The van der Waals surface area contributed by atoms with E-state index in [1.807, 2.05) is 7.05 Å². The van der Waals surface area contributed by atoms with Gasteiger partial charge in [0.25, 0.3) is 0 Å². The number of aromatic nitrogens is 4. The van der Waals surface area contributed by atoms with E-state index in [9.17, 15) is 4.79 Å². The summed E-state index contributed by atoms with van der Waals surface area (Å²) in [4.78, 5) is 22.7. The minimum Gasteiger partial charge on any atom is -0.372 e. The van der Waals surface area contributed by atoms with Gasteiger partial charge in [-0.05, 0) is 0 Å². The summed E-state index contributed by atoms with van der Waals surface area (Å²) in [6.07, 6.45) is 4.07. The van der Waals surface area contributed by atoms with Gasteiger partial charge in [0.1, 0.15) is 0 Å². The third-order valence-corrected chi connectivity index (χ3v) is 1.74. The third kappa shape index (κ3) is 2.38. The summed E-state index contributed by atoms with van der Waals surface area (Å²) in [6, 6.07) is 0. The van der Waals surface area contributed by atoms with Crippen molar-refractivity contribution < 1.29 is 37.5 Å². The zero-order chi connectivity index (χ0) is 10.1. The first-order valence-electron chi connectivity index (χ1n) is 4.01. The van der Waals surface area contributed by atoms with Crippen molar-refractivity contribution in [3.05, 3.63) is 12.7 Å². The number of hydrogen-bond acceptors (Lipinski definition) is 4. The molecule has 0 atom stereocenters. The third-order valence-electron chi connectivity index (χ3n) is 1.74. The van der Waals surface area contributed by atoms with Crippen LogP contribution in [-0.4, -0.2) is 25.4 Å². The molecule has 2 aromatic rings. The molecular weight excluding hydrogens is 271 g/mol. The van der Waals surface area contributed by atoms with E-state index in [1.165, 1.54) is 6.92 Å². The topological polar surface area (TPSA) is 72.7 Å². The van der Waals surface area contributed by atoms with Gasteiger partial charge in [-0.15, -0.1) is 0 Å². The van der Waals surface area contributed by atoms with E-state index in [-0.39, 0.29) is 38.6 Å². The monoisotopic (exact) mass is 279 g/mol. The Balaban J connectivity index is 0.00000112. The second-order valence-corrected chi connectivity index (χ2v) is 2.88. The average molecular weight is 279 g/mol. The molecule has 15 heavy (non-hydrogen) atoms. The molecule has 75 valence electrons. The molecule has 1 radical (unpaired) electrons. The van der Waals surface area contributed by atoms with Gasteiger partial charge >= 0.3 is 0 Å².